The normalized spacial score (nSPS) is 10.6. The Bertz CT molecular complexity index is 513. The summed E-state index contributed by atoms with van der Waals surface area (Å²) in [5.41, 5.74) is 1.19. The first-order valence-electron chi connectivity index (χ1n) is 4.39. The molecule has 5 heteroatoms. The fourth-order valence-corrected chi connectivity index (χ4v) is 1.58. The van der Waals surface area contributed by atoms with Gasteiger partial charge in [0.25, 0.3) is 0 Å². The van der Waals surface area contributed by atoms with Crippen LogP contribution in [-0.2, 0) is 0 Å². The van der Waals surface area contributed by atoms with Gasteiger partial charge in [0.2, 0.25) is 11.7 Å². The van der Waals surface area contributed by atoms with Crippen LogP contribution >= 0.6 is 11.6 Å². The van der Waals surface area contributed by atoms with Crippen molar-refractivity contribution in [1.29, 1.82) is 0 Å². The molecule has 2 rings (SSSR count). The monoisotopic (exact) mass is 223 g/mol. The molecule has 0 fully saturated rings. The quantitative estimate of drug-likeness (QED) is 0.345. The lowest BCUT2D eigenvalue weighted by Crippen LogP contribution is -2.32. The van der Waals surface area contributed by atoms with Gasteiger partial charge in [-0.05, 0) is 18.2 Å². The summed E-state index contributed by atoms with van der Waals surface area (Å²) in [4.78, 5) is 0. The average Bonchev–Trinajstić information content (AvgIpc) is 2.18. The summed E-state index contributed by atoms with van der Waals surface area (Å²) in [6.45, 7) is 0. The molecule has 2 N–H and O–H groups in total. The van der Waals surface area contributed by atoms with Gasteiger partial charge in [-0.3, -0.25) is 0 Å². The van der Waals surface area contributed by atoms with Crippen LogP contribution in [0.4, 0.5) is 5.69 Å². The maximum absolute atomic E-state index is 11.6. The van der Waals surface area contributed by atoms with E-state index in [0.29, 0.717) is 16.2 Å². The Labute approximate surface area is 92.0 Å². The third kappa shape index (κ3) is 1.82. The molecule has 0 aliphatic rings. The van der Waals surface area contributed by atoms with Crippen molar-refractivity contribution in [3.05, 3.63) is 40.7 Å². The lowest BCUT2D eigenvalue weighted by atomic mass is 10.2. The number of pyridine rings is 1. The van der Waals surface area contributed by atoms with Gasteiger partial charge >= 0.3 is 0 Å². The molecule has 15 heavy (non-hydrogen) atoms. The van der Waals surface area contributed by atoms with Crippen molar-refractivity contribution in [2.24, 2.45) is 5.84 Å². The van der Waals surface area contributed by atoms with Crippen LogP contribution in [0.2, 0.25) is 5.02 Å². The molecule has 0 spiro atoms. The zero-order valence-electron chi connectivity index (χ0n) is 8.14. The van der Waals surface area contributed by atoms with Crippen LogP contribution in [0.1, 0.15) is 0 Å². The molecule has 1 aromatic heterocycles. The van der Waals surface area contributed by atoms with Crippen LogP contribution in [0.5, 0.6) is 0 Å². The highest BCUT2D eigenvalue weighted by Crippen LogP contribution is 2.19. The Morgan fingerprint density at radius 3 is 2.80 bits per heavy atom. The highest BCUT2D eigenvalue weighted by atomic mass is 35.5. The van der Waals surface area contributed by atoms with E-state index in [4.69, 9.17) is 17.4 Å². The molecule has 0 saturated carbocycles. The highest BCUT2D eigenvalue weighted by Gasteiger charge is 2.08. The van der Waals surface area contributed by atoms with E-state index in [1.165, 1.54) is 11.2 Å². The summed E-state index contributed by atoms with van der Waals surface area (Å²) in [6.07, 6.45) is 1.42. The van der Waals surface area contributed by atoms with Crippen molar-refractivity contribution >= 4 is 28.2 Å². The first-order valence-corrected chi connectivity index (χ1v) is 4.76. The Balaban J connectivity index is 2.73. The number of nitrogens with zero attached hydrogens (tertiary/aromatic N) is 2. The van der Waals surface area contributed by atoms with Crippen LogP contribution in [-0.4, -0.2) is 7.05 Å². The largest absolute Gasteiger partial charge is 0.618 e. The molecule has 1 aromatic carbocycles. The minimum Gasteiger partial charge on any atom is -0.618 e. The number of hydrazine groups is 1. The van der Waals surface area contributed by atoms with Gasteiger partial charge in [0.1, 0.15) is 5.69 Å². The number of halogens is 1. The van der Waals surface area contributed by atoms with Gasteiger partial charge in [-0.2, -0.15) is 4.73 Å². The van der Waals surface area contributed by atoms with Crippen LogP contribution < -0.4 is 15.6 Å². The van der Waals surface area contributed by atoms with Gasteiger partial charge in [0, 0.05) is 23.5 Å². The second-order valence-electron chi connectivity index (χ2n) is 3.34. The predicted molar refractivity (Wildman–Crippen MR) is 60.5 cm³/mol. The van der Waals surface area contributed by atoms with Crippen molar-refractivity contribution in [2.45, 2.75) is 0 Å². The van der Waals surface area contributed by atoms with E-state index in [9.17, 15) is 5.21 Å². The van der Waals surface area contributed by atoms with Crippen molar-refractivity contribution in [3.8, 4) is 0 Å². The summed E-state index contributed by atoms with van der Waals surface area (Å²) >= 11 is 5.81. The van der Waals surface area contributed by atoms with E-state index in [0.717, 1.165) is 10.1 Å². The van der Waals surface area contributed by atoms with Gasteiger partial charge in [0.15, 0.2) is 0 Å². The molecule has 0 bridgehead atoms. The van der Waals surface area contributed by atoms with Crippen LogP contribution in [0.3, 0.4) is 0 Å². The first-order chi connectivity index (χ1) is 7.08. The predicted octanol–water partition coefficient (Wildman–Crippen LogP) is 1.44. The molecular formula is C10H10ClN3O. The van der Waals surface area contributed by atoms with Gasteiger partial charge < -0.3 is 10.2 Å². The number of hydrogen-bond donors (Lipinski definition) is 1. The minimum absolute atomic E-state index is 0.535. The maximum Gasteiger partial charge on any atom is 0.225 e. The van der Waals surface area contributed by atoms with E-state index in [2.05, 4.69) is 0 Å². The van der Waals surface area contributed by atoms with Crippen LogP contribution in [0.15, 0.2) is 30.5 Å². The zero-order chi connectivity index (χ0) is 11.0. The summed E-state index contributed by atoms with van der Waals surface area (Å²) in [7, 11) is 1.68. The summed E-state index contributed by atoms with van der Waals surface area (Å²) < 4.78 is 0.764. The van der Waals surface area contributed by atoms with E-state index in [1.807, 2.05) is 6.07 Å². The second-order valence-corrected chi connectivity index (χ2v) is 3.77. The van der Waals surface area contributed by atoms with Crippen molar-refractivity contribution < 1.29 is 4.73 Å². The zero-order valence-corrected chi connectivity index (χ0v) is 8.90. The number of rotatable bonds is 1. The van der Waals surface area contributed by atoms with Gasteiger partial charge in [0.05, 0.1) is 0 Å². The Kier molecular flexibility index (Phi) is 2.38. The smallest absolute Gasteiger partial charge is 0.225 e. The van der Waals surface area contributed by atoms with Crippen molar-refractivity contribution in [1.82, 2.24) is 0 Å². The number of benzene rings is 1. The van der Waals surface area contributed by atoms with E-state index >= 15 is 0 Å². The molecule has 4 nitrogen and oxygen atoms in total. The SMILES string of the molecule is CN(N)c1cc2ccc(Cl)cc2[n+]([O-])c1. The average molecular weight is 224 g/mol. The van der Waals surface area contributed by atoms with Crippen LogP contribution in [0, 0.1) is 5.21 Å². The molecule has 0 saturated heterocycles. The Hall–Kier alpha value is -1.52. The molecule has 0 aliphatic heterocycles. The minimum atomic E-state index is 0.535. The molecular weight excluding hydrogens is 214 g/mol. The topological polar surface area (TPSA) is 56.2 Å². The summed E-state index contributed by atoms with van der Waals surface area (Å²) in [6, 6.07) is 6.99. The van der Waals surface area contributed by atoms with Crippen molar-refractivity contribution in [2.75, 3.05) is 12.1 Å². The third-order valence-electron chi connectivity index (χ3n) is 2.19. The van der Waals surface area contributed by atoms with E-state index in [-0.39, 0.29) is 0 Å². The van der Waals surface area contributed by atoms with E-state index in [1.54, 1.807) is 25.2 Å². The number of anilines is 1. The lowest BCUT2D eigenvalue weighted by Gasteiger charge is -2.12. The third-order valence-corrected chi connectivity index (χ3v) is 2.43. The summed E-state index contributed by atoms with van der Waals surface area (Å²) in [5, 5.41) is 14.4. The molecule has 2 aromatic rings. The van der Waals surface area contributed by atoms with Crippen molar-refractivity contribution in [3.63, 3.8) is 0 Å². The fourth-order valence-electron chi connectivity index (χ4n) is 1.41. The molecule has 78 valence electrons. The molecule has 1 heterocycles. The molecule has 0 amide bonds. The number of nitrogens with two attached hydrogens (primary N) is 1. The number of hydrogen-bond acceptors (Lipinski definition) is 3. The lowest BCUT2D eigenvalue weighted by molar-refractivity contribution is -0.576. The second kappa shape index (κ2) is 3.56. The fraction of sp³-hybridized carbons (Fsp3) is 0.100. The van der Waals surface area contributed by atoms with Gasteiger partial charge in [-0.15, -0.1) is 0 Å². The van der Waals surface area contributed by atoms with Gasteiger partial charge in [-0.25, -0.2) is 5.84 Å². The standard InChI is InChI=1S/C10H10ClN3O/c1-13(12)9-4-7-2-3-8(11)5-10(7)14(15)6-9/h2-6H,12H2,1H3. The Morgan fingerprint density at radius 1 is 1.40 bits per heavy atom. The number of fused-ring (bicyclic) bond motifs is 1. The van der Waals surface area contributed by atoms with E-state index < -0.39 is 0 Å². The highest BCUT2D eigenvalue weighted by molar-refractivity contribution is 6.31. The molecule has 0 unspecified atom stereocenters. The molecule has 0 radical (unpaired) electrons. The Morgan fingerprint density at radius 2 is 2.13 bits per heavy atom. The maximum atomic E-state index is 11.6. The summed E-state index contributed by atoms with van der Waals surface area (Å²) in [5.74, 6) is 5.56. The number of aromatic nitrogens is 1. The van der Waals surface area contributed by atoms with Gasteiger partial charge in [-0.1, -0.05) is 11.6 Å². The van der Waals surface area contributed by atoms with Crippen LogP contribution in [0.25, 0.3) is 10.9 Å². The molecule has 0 atom stereocenters. The first kappa shape index (κ1) is 10.0. The molecule has 0 aliphatic carbocycles.